The second-order valence-electron chi connectivity index (χ2n) is 11.8. The topological polar surface area (TPSA) is 170 Å². The summed E-state index contributed by atoms with van der Waals surface area (Å²) in [6, 6.07) is 15.7. The average molecular weight is 641 g/mol. The van der Waals surface area contributed by atoms with Crippen LogP contribution in [0.3, 0.4) is 0 Å². The number of alkyl halides is 1. The van der Waals surface area contributed by atoms with Gasteiger partial charge in [-0.1, -0.05) is 0 Å². The molecule has 3 aliphatic rings. The number of nitrogens with zero attached hydrogens (tertiary/aromatic N) is 7. The van der Waals surface area contributed by atoms with Crippen molar-refractivity contribution < 1.29 is 18.7 Å². The summed E-state index contributed by atoms with van der Waals surface area (Å²) in [4.78, 5) is 31.8. The van der Waals surface area contributed by atoms with Gasteiger partial charge >= 0.3 is 0 Å². The lowest BCUT2D eigenvalue weighted by Gasteiger charge is -2.43. The SMILES string of the molecule is CC(=N)/C=C(\N)C(=O)N1CCC(Oc2ccc(-c3ncnc(Nc4ccc(N5CCN(C6COC6)CC5)cc4)n3)cc2C#N)C(F)C1. The summed E-state index contributed by atoms with van der Waals surface area (Å²) < 4.78 is 26.4. The molecule has 3 aromatic rings. The Morgan fingerprint density at radius 3 is 2.57 bits per heavy atom. The van der Waals surface area contributed by atoms with Crippen LogP contribution in [-0.2, 0) is 9.53 Å². The molecule has 0 bridgehead atoms. The Morgan fingerprint density at radius 1 is 1.15 bits per heavy atom. The number of piperidine rings is 1. The highest BCUT2D eigenvalue weighted by Gasteiger charge is 2.34. The van der Waals surface area contributed by atoms with Gasteiger partial charge in [0.2, 0.25) is 5.95 Å². The highest BCUT2D eigenvalue weighted by Crippen LogP contribution is 2.29. The van der Waals surface area contributed by atoms with Gasteiger partial charge in [0.25, 0.3) is 5.91 Å². The number of halogens is 1. The first-order chi connectivity index (χ1) is 22.8. The van der Waals surface area contributed by atoms with Crippen LogP contribution in [0, 0.1) is 16.7 Å². The second kappa shape index (κ2) is 14.1. The number of amides is 1. The molecule has 1 amide bonds. The summed E-state index contributed by atoms with van der Waals surface area (Å²) >= 11 is 0. The van der Waals surface area contributed by atoms with Gasteiger partial charge in [0.05, 0.1) is 37.1 Å². The number of aromatic nitrogens is 3. The van der Waals surface area contributed by atoms with Gasteiger partial charge in [-0.15, -0.1) is 0 Å². The molecule has 47 heavy (non-hydrogen) atoms. The molecule has 244 valence electrons. The number of nitrogens with one attached hydrogen (secondary N) is 2. The molecular formula is C33H37FN10O3. The Bertz CT molecular complexity index is 1680. The number of likely N-dealkylation sites (tertiary alicyclic amines) is 1. The lowest BCUT2D eigenvalue weighted by molar-refractivity contribution is -0.131. The highest BCUT2D eigenvalue weighted by atomic mass is 19.1. The number of piperazine rings is 1. The van der Waals surface area contributed by atoms with E-state index >= 15 is 4.39 Å². The van der Waals surface area contributed by atoms with E-state index in [9.17, 15) is 10.1 Å². The van der Waals surface area contributed by atoms with Crippen LogP contribution in [0.4, 0.5) is 21.7 Å². The molecule has 1 aromatic heterocycles. The van der Waals surface area contributed by atoms with E-state index in [1.54, 1.807) is 18.2 Å². The fourth-order valence-corrected chi connectivity index (χ4v) is 5.86. The van der Waals surface area contributed by atoms with E-state index in [0.717, 1.165) is 50.8 Å². The fourth-order valence-electron chi connectivity index (χ4n) is 5.86. The average Bonchev–Trinajstić information content (AvgIpc) is 3.05. The van der Waals surface area contributed by atoms with Gasteiger partial charge in [0.15, 0.2) is 12.0 Å². The summed E-state index contributed by atoms with van der Waals surface area (Å²) in [6.45, 7) is 7.22. The number of nitrogens with two attached hydrogens (primary N) is 1. The van der Waals surface area contributed by atoms with Gasteiger partial charge in [0.1, 0.15) is 24.3 Å². The van der Waals surface area contributed by atoms with Crippen molar-refractivity contribution >= 4 is 28.9 Å². The first-order valence-corrected chi connectivity index (χ1v) is 15.6. The molecule has 3 aliphatic heterocycles. The molecule has 0 spiro atoms. The number of carbonyl (C=O) groups is 1. The highest BCUT2D eigenvalue weighted by molar-refractivity contribution is 6.01. The van der Waals surface area contributed by atoms with Crippen LogP contribution in [0.5, 0.6) is 5.75 Å². The van der Waals surface area contributed by atoms with Crippen LogP contribution in [0.25, 0.3) is 11.4 Å². The molecule has 3 saturated heterocycles. The zero-order valence-electron chi connectivity index (χ0n) is 26.1. The predicted octanol–water partition coefficient (Wildman–Crippen LogP) is 2.87. The number of carbonyl (C=O) groups excluding carboxylic acids is 1. The quantitative estimate of drug-likeness (QED) is 0.232. The molecule has 14 heteroatoms. The Balaban J connectivity index is 1.06. The van der Waals surface area contributed by atoms with Crippen LogP contribution < -0.4 is 20.7 Å². The standard InChI is InChI=1S/C33H37FN10O3/c1-21(36)14-28(37)32(45)44-9-8-30(27(34)17-44)47-29-7-2-22(15-23(29)16-35)31-38-20-39-33(41-31)40-24-3-5-25(6-4-24)42-10-12-43(13-11-42)26-18-46-19-26/h2-7,14-15,20,26-27,30,36H,8-13,17-19,37H2,1H3,(H,38,39,40,41)/b28-14-,36-21?. The van der Waals surface area contributed by atoms with E-state index in [2.05, 4.69) is 48.3 Å². The molecule has 0 saturated carbocycles. The Labute approximate surface area is 272 Å². The van der Waals surface area contributed by atoms with E-state index < -0.39 is 18.2 Å². The number of ether oxygens (including phenoxy) is 2. The van der Waals surface area contributed by atoms with Crippen LogP contribution in [-0.4, -0.2) is 107 Å². The molecule has 0 aliphatic carbocycles. The molecule has 2 aromatic carbocycles. The van der Waals surface area contributed by atoms with Gasteiger partial charge in [-0.3, -0.25) is 9.69 Å². The first-order valence-electron chi connectivity index (χ1n) is 15.6. The van der Waals surface area contributed by atoms with Crippen molar-refractivity contribution in [2.45, 2.75) is 31.7 Å². The lowest BCUT2D eigenvalue weighted by atomic mass is 10.0. The summed E-state index contributed by atoms with van der Waals surface area (Å²) in [5, 5.41) is 20.6. The molecule has 2 atom stereocenters. The summed E-state index contributed by atoms with van der Waals surface area (Å²) in [6.07, 6.45) is 0.523. The van der Waals surface area contributed by atoms with Crippen LogP contribution in [0.1, 0.15) is 18.9 Å². The zero-order valence-corrected chi connectivity index (χ0v) is 26.1. The lowest BCUT2D eigenvalue weighted by Crippen LogP contribution is -2.56. The van der Waals surface area contributed by atoms with Crippen LogP contribution in [0.15, 0.2) is 60.6 Å². The third kappa shape index (κ3) is 7.48. The molecular weight excluding hydrogens is 603 g/mol. The Hall–Kier alpha value is -5.13. The van der Waals surface area contributed by atoms with Gasteiger partial charge in [-0.2, -0.15) is 10.2 Å². The summed E-state index contributed by atoms with van der Waals surface area (Å²) in [7, 11) is 0. The minimum atomic E-state index is -1.49. The summed E-state index contributed by atoms with van der Waals surface area (Å²) in [5.41, 5.74) is 8.55. The minimum Gasteiger partial charge on any atom is -0.486 e. The number of nitriles is 1. The number of allylic oxidation sites excluding steroid dienone is 1. The predicted molar refractivity (Wildman–Crippen MR) is 174 cm³/mol. The zero-order chi connectivity index (χ0) is 32.9. The smallest absolute Gasteiger partial charge is 0.269 e. The van der Waals surface area contributed by atoms with Gasteiger partial charge in [-0.25, -0.2) is 14.4 Å². The maximum Gasteiger partial charge on any atom is 0.269 e. The number of hydrogen-bond acceptors (Lipinski definition) is 12. The summed E-state index contributed by atoms with van der Waals surface area (Å²) in [5.74, 6) is 0.421. The number of hydrogen-bond donors (Lipinski definition) is 3. The Kier molecular flexibility index (Phi) is 9.55. The maximum atomic E-state index is 15.1. The van der Waals surface area contributed by atoms with Crippen molar-refractivity contribution in [3.8, 4) is 23.2 Å². The van der Waals surface area contributed by atoms with Crippen LogP contribution in [0.2, 0.25) is 0 Å². The van der Waals surface area contributed by atoms with Crippen LogP contribution >= 0.6 is 0 Å². The van der Waals surface area contributed by atoms with E-state index in [1.165, 1.54) is 24.2 Å². The van der Waals surface area contributed by atoms with Gasteiger partial charge in [0, 0.05) is 61.8 Å². The monoisotopic (exact) mass is 640 g/mol. The molecule has 2 unspecified atom stereocenters. The first kappa shape index (κ1) is 31.8. The largest absolute Gasteiger partial charge is 0.486 e. The number of rotatable bonds is 9. The normalized spacial score (nSPS) is 20.7. The number of benzene rings is 2. The molecule has 13 nitrogen and oxygen atoms in total. The van der Waals surface area contributed by atoms with Crippen molar-refractivity contribution in [2.75, 3.05) is 62.7 Å². The number of anilines is 3. The van der Waals surface area contributed by atoms with E-state index in [0.29, 0.717) is 23.4 Å². The van der Waals surface area contributed by atoms with Crippen molar-refractivity contribution in [1.82, 2.24) is 24.8 Å². The van der Waals surface area contributed by atoms with Crippen molar-refractivity contribution in [3.63, 3.8) is 0 Å². The molecule has 3 fully saturated rings. The molecule has 4 N–H and O–H groups in total. The third-order valence-electron chi connectivity index (χ3n) is 8.54. The van der Waals surface area contributed by atoms with Gasteiger partial charge in [-0.05, 0) is 55.5 Å². The molecule has 0 radical (unpaired) electrons. The van der Waals surface area contributed by atoms with Crippen molar-refractivity contribution in [2.24, 2.45) is 5.73 Å². The molecule has 6 rings (SSSR count). The Morgan fingerprint density at radius 2 is 1.91 bits per heavy atom. The van der Waals surface area contributed by atoms with Gasteiger partial charge < -0.3 is 35.7 Å². The fraction of sp³-hybridized carbons (Fsp3) is 0.394. The molecule has 4 heterocycles. The van der Waals surface area contributed by atoms with Crippen molar-refractivity contribution in [1.29, 1.82) is 10.7 Å². The van der Waals surface area contributed by atoms with E-state index in [-0.39, 0.29) is 42.2 Å². The van der Waals surface area contributed by atoms with Crippen molar-refractivity contribution in [3.05, 3.63) is 66.1 Å². The minimum absolute atomic E-state index is 0.110. The van der Waals surface area contributed by atoms with E-state index in [4.69, 9.17) is 20.6 Å². The second-order valence-corrected chi connectivity index (χ2v) is 11.8. The van der Waals surface area contributed by atoms with E-state index in [1.807, 2.05) is 12.1 Å². The maximum absolute atomic E-state index is 15.1. The third-order valence-corrected chi connectivity index (χ3v) is 8.54.